The molecule has 1 amide bonds. The van der Waals surface area contributed by atoms with Crippen molar-refractivity contribution in [1.82, 2.24) is 5.43 Å². The Morgan fingerprint density at radius 3 is 2.15 bits per heavy atom. The number of hydrogen-bond donors (Lipinski definition) is 1. The van der Waals surface area contributed by atoms with E-state index in [2.05, 4.69) is 10.5 Å². The van der Waals surface area contributed by atoms with Crippen LogP contribution in [-0.2, 0) is 21.4 Å². The molecule has 0 aliphatic heterocycles. The molecule has 0 bridgehead atoms. The lowest BCUT2D eigenvalue weighted by molar-refractivity contribution is -0.119. The zero-order valence-corrected chi connectivity index (χ0v) is 22.3. The number of nitrogens with zero attached hydrogens (tertiary/aromatic N) is 2. The van der Waals surface area contributed by atoms with Crippen LogP contribution in [0.4, 0.5) is 5.69 Å². The van der Waals surface area contributed by atoms with E-state index in [-0.39, 0.29) is 10.6 Å². The van der Waals surface area contributed by atoms with E-state index >= 15 is 0 Å². The number of amides is 1. The Labute approximate surface area is 228 Å². The average molecular weight is 544 g/mol. The Bertz CT molecular complexity index is 1510. The standard InChI is InChI=1S/C30H29N3O5S/c1-2-37-29-20-12-10-18-27(29)33(39(35,36)26-16-7-4-8-17-26)22-30(34)32-31-21-25-15-9-11-19-28(25)38-23-24-13-5-3-6-14-24/h3-21H,2,22-23H2,1H3,(H,32,34)/b31-21+. The van der Waals surface area contributed by atoms with E-state index < -0.39 is 22.5 Å². The van der Waals surface area contributed by atoms with E-state index in [1.54, 1.807) is 55.5 Å². The number of benzene rings is 4. The molecule has 4 rings (SSSR count). The van der Waals surface area contributed by atoms with Crippen molar-refractivity contribution in [3.8, 4) is 11.5 Å². The van der Waals surface area contributed by atoms with Gasteiger partial charge in [0.05, 0.1) is 23.4 Å². The van der Waals surface area contributed by atoms with Crippen molar-refractivity contribution in [3.05, 3.63) is 120 Å². The summed E-state index contributed by atoms with van der Waals surface area (Å²) in [6, 6.07) is 31.7. The number of hydrogen-bond acceptors (Lipinski definition) is 6. The quantitative estimate of drug-likeness (QED) is 0.200. The van der Waals surface area contributed by atoms with Gasteiger partial charge in [0.25, 0.3) is 15.9 Å². The Kier molecular flexibility index (Phi) is 9.31. The molecule has 0 atom stereocenters. The Hall–Kier alpha value is -4.63. The van der Waals surface area contributed by atoms with Crippen molar-refractivity contribution in [2.75, 3.05) is 17.5 Å². The van der Waals surface area contributed by atoms with Gasteiger partial charge in [-0.25, -0.2) is 13.8 Å². The minimum atomic E-state index is -4.09. The zero-order valence-electron chi connectivity index (χ0n) is 21.4. The van der Waals surface area contributed by atoms with Crippen molar-refractivity contribution in [3.63, 3.8) is 0 Å². The first-order chi connectivity index (χ1) is 19.0. The van der Waals surface area contributed by atoms with E-state index in [0.717, 1.165) is 9.87 Å². The number of carbonyl (C=O) groups excluding carboxylic acids is 1. The number of hydrazone groups is 1. The van der Waals surface area contributed by atoms with Gasteiger partial charge in [-0.15, -0.1) is 0 Å². The second-order valence-electron chi connectivity index (χ2n) is 8.33. The number of anilines is 1. The van der Waals surface area contributed by atoms with Gasteiger partial charge in [0.1, 0.15) is 24.7 Å². The summed E-state index contributed by atoms with van der Waals surface area (Å²) in [5.74, 6) is 0.318. The van der Waals surface area contributed by atoms with Crippen LogP contribution in [0.5, 0.6) is 11.5 Å². The lowest BCUT2D eigenvalue weighted by Gasteiger charge is -2.25. The molecule has 4 aromatic rings. The Morgan fingerprint density at radius 2 is 1.44 bits per heavy atom. The molecule has 0 saturated carbocycles. The SMILES string of the molecule is CCOc1ccccc1N(CC(=O)N/N=C/c1ccccc1OCc1ccccc1)S(=O)(=O)c1ccccc1. The van der Waals surface area contributed by atoms with Crippen LogP contribution in [0.1, 0.15) is 18.1 Å². The number of ether oxygens (including phenoxy) is 2. The third-order valence-electron chi connectivity index (χ3n) is 5.60. The van der Waals surface area contributed by atoms with E-state index in [1.165, 1.54) is 18.3 Å². The summed E-state index contributed by atoms with van der Waals surface area (Å²) in [5, 5.41) is 4.06. The molecule has 9 heteroatoms. The third kappa shape index (κ3) is 7.24. The summed E-state index contributed by atoms with van der Waals surface area (Å²) in [6.07, 6.45) is 1.46. The van der Waals surface area contributed by atoms with Crippen LogP contribution in [0.15, 0.2) is 119 Å². The summed E-state index contributed by atoms with van der Waals surface area (Å²) >= 11 is 0. The van der Waals surface area contributed by atoms with Gasteiger partial charge >= 0.3 is 0 Å². The van der Waals surface area contributed by atoms with E-state index in [0.29, 0.717) is 30.3 Å². The van der Waals surface area contributed by atoms with Gasteiger partial charge in [-0.2, -0.15) is 5.10 Å². The van der Waals surface area contributed by atoms with Gasteiger partial charge in [0.15, 0.2) is 0 Å². The second-order valence-corrected chi connectivity index (χ2v) is 10.2. The van der Waals surface area contributed by atoms with E-state index in [4.69, 9.17) is 9.47 Å². The fourth-order valence-corrected chi connectivity index (χ4v) is 5.21. The first kappa shape index (κ1) is 27.4. The van der Waals surface area contributed by atoms with Crippen LogP contribution >= 0.6 is 0 Å². The summed E-state index contributed by atoms with van der Waals surface area (Å²) in [5.41, 5.74) is 4.36. The minimum Gasteiger partial charge on any atom is -0.492 e. The van der Waals surface area contributed by atoms with Crippen LogP contribution in [-0.4, -0.2) is 33.7 Å². The average Bonchev–Trinajstić information content (AvgIpc) is 2.97. The Balaban J connectivity index is 1.52. The molecule has 4 aromatic carbocycles. The summed E-state index contributed by atoms with van der Waals surface area (Å²) in [6.45, 7) is 2.00. The molecule has 0 saturated heterocycles. The van der Waals surface area contributed by atoms with Crippen LogP contribution in [0.2, 0.25) is 0 Å². The lowest BCUT2D eigenvalue weighted by atomic mass is 10.2. The van der Waals surface area contributed by atoms with Gasteiger partial charge in [0, 0.05) is 5.56 Å². The highest BCUT2D eigenvalue weighted by molar-refractivity contribution is 7.92. The van der Waals surface area contributed by atoms with Gasteiger partial charge in [0.2, 0.25) is 0 Å². The zero-order chi connectivity index (χ0) is 27.5. The van der Waals surface area contributed by atoms with Crippen LogP contribution in [0.25, 0.3) is 0 Å². The van der Waals surface area contributed by atoms with E-state index in [1.807, 2.05) is 48.5 Å². The first-order valence-electron chi connectivity index (χ1n) is 12.4. The highest BCUT2D eigenvalue weighted by Gasteiger charge is 2.29. The molecule has 0 radical (unpaired) electrons. The molecule has 0 aromatic heterocycles. The first-order valence-corrected chi connectivity index (χ1v) is 13.8. The Morgan fingerprint density at radius 1 is 0.821 bits per heavy atom. The maximum Gasteiger partial charge on any atom is 0.264 e. The topological polar surface area (TPSA) is 97.3 Å². The number of sulfonamides is 1. The van der Waals surface area contributed by atoms with Crippen molar-refractivity contribution in [2.24, 2.45) is 5.10 Å². The summed E-state index contributed by atoms with van der Waals surface area (Å²) in [7, 11) is -4.09. The highest BCUT2D eigenvalue weighted by atomic mass is 32.2. The molecule has 39 heavy (non-hydrogen) atoms. The van der Waals surface area contributed by atoms with Crippen LogP contribution < -0.4 is 19.2 Å². The van der Waals surface area contributed by atoms with Crippen LogP contribution in [0, 0.1) is 0 Å². The molecule has 200 valence electrons. The van der Waals surface area contributed by atoms with Crippen molar-refractivity contribution in [2.45, 2.75) is 18.4 Å². The molecule has 0 aliphatic carbocycles. The molecule has 8 nitrogen and oxygen atoms in total. The third-order valence-corrected chi connectivity index (χ3v) is 7.38. The number of carbonyl (C=O) groups is 1. The fourth-order valence-electron chi connectivity index (χ4n) is 3.75. The van der Waals surface area contributed by atoms with Gasteiger partial charge in [-0.1, -0.05) is 72.8 Å². The van der Waals surface area contributed by atoms with Gasteiger partial charge in [-0.05, 0) is 48.9 Å². The molecule has 1 N–H and O–H groups in total. The van der Waals surface area contributed by atoms with Crippen molar-refractivity contribution >= 4 is 27.8 Å². The minimum absolute atomic E-state index is 0.0529. The molecular formula is C30H29N3O5S. The number of nitrogens with one attached hydrogen (secondary N) is 1. The molecule has 0 aliphatic rings. The van der Waals surface area contributed by atoms with Crippen molar-refractivity contribution in [1.29, 1.82) is 0 Å². The van der Waals surface area contributed by atoms with E-state index in [9.17, 15) is 13.2 Å². The van der Waals surface area contributed by atoms with Crippen LogP contribution in [0.3, 0.4) is 0 Å². The molecular weight excluding hydrogens is 514 g/mol. The largest absolute Gasteiger partial charge is 0.492 e. The second kappa shape index (κ2) is 13.3. The molecule has 0 spiro atoms. The number of rotatable bonds is 12. The molecule has 0 fully saturated rings. The fraction of sp³-hybridized carbons (Fsp3) is 0.133. The molecule has 0 unspecified atom stereocenters. The number of para-hydroxylation sites is 3. The molecule has 0 heterocycles. The van der Waals surface area contributed by atoms with Crippen molar-refractivity contribution < 1.29 is 22.7 Å². The highest BCUT2D eigenvalue weighted by Crippen LogP contribution is 2.32. The summed E-state index contributed by atoms with van der Waals surface area (Å²) < 4.78 is 39.8. The maximum atomic E-state index is 13.6. The predicted molar refractivity (Wildman–Crippen MR) is 152 cm³/mol. The predicted octanol–water partition coefficient (Wildman–Crippen LogP) is 5.01. The lowest BCUT2D eigenvalue weighted by Crippen LogP contribution is -2.39. The van der Waals surface area contributed by atoms with Gasteiger partial charge < -0.3 is 9.47 Å². The normalized spacial score (nSPS) is 11.2. The maximum absolute atomic E-state index is 13.6. The van der Waals surface area contributed by atoms with Gasteiger partial charge in [-0.3, -0.25) is 9.10 Å². The smallest absolute Gasteiger partial charge is 0.264 e. The monoisotopic (exact) mass is 543 g/mol. The summed E-state index contributed by atoms with van der Waals surface area (Å²) in [4.78, 5) is 13.0.